The zero-order valence-electron chi connectivity index (χ0n) is 10.0. The summed E-state index contributed by atoms with van der Waals surface area (Å²) in [6, 6.07) is 6.92. The SMILES string of the molecule is Nc1cccc(Br)c1CN(CC1CC1)C1CC1. The van der Waals surface area contributed by atoms with Gasteiger partial charge < -0.3 is 5.73 Å². The van der Waals surface area contributed by atoms with Gasteiger partial charge in [0.1, 0.15) is 0 Å². The molecule has 1 aromatic rings. The van der Waals surface area contributed by atoms with E-state index >= 15 is 0 Å². The highest BCUT2D eigenvalue weighted by atomic mass is 79.9. The molecule has 0 bridgehead atoms. The summed E-state index contributed by atoms with van der Waals surface area (Å²) in [6.07, 6.45) is 5.59. The van der Waals surface area contributed by atoms with Crippen molar-refractivity contribution in [3.8, 4) is 0 Å². The molecule has 2 nitrogen and oxygen atoms in total. The van der Waals surface area contributed by atoms with Crippen molar-refractivity contribution in [2.24, 2.45) is 5.92 Å². The van der Waals surface area contributed by atoms with Crippen LogP contribution in [-0.4, -0.2) is 17.5 Å². The summed E-state index contributed by atoms with van der Waals surface area (Å²) < 4.78 is 1.15. The summed E-state index contributed by atoms with van der Waals surface area (Å²) in [4.78, 5) is 2.63. The van der Waals surface area contributed by atoms with Crippen LogP contribution in [-0.2, 0) is 6.54 Å². The molecule has 0 aromatic heterocycles. The fourth-order valence-electron chi connectivity index (χ4n) is 2.36. The number of benzene rings is 1. The highest BCUT2D eigenvalue weighted by molar-refractivity contribution is 9.10. The molecule has 0 unspecified atom stereocenters. The third-order valence-electron chi connectivity index (χ3n) is 3.77. The summed E-state index contributed by atoms with van der Waals surface area (Å²) >= 11 is 3.62. The second kappa shape index (κ2) is 4.62. The van der Waals surface area contributed by atoms with E-state index in [4.69, 9.17) is 5.73 Å². The predicted molar refractivity (Wildman–Crippen MR) is 74.7 cm³/mol. The molecular weight excluding hydrogens is 276 g/mol. The number of anilines is 1. The van der Waals surface area contributed by atoms with E-state index in [9.17, 15) is 0 Å². The monoisotopic (exact) mass is 294 g/mol. The third-order valence-corrected chi connectivity index (χ3v) is 4.51. The van der Waals surface area contributed by atoms with E-state index < -0.39 is 0 Å². The van der Waals surface area contributed by atoms with Gasteiger partial charge in [0, 0.05) is 34.9 Å². The quantitative estimate of drug-likeness (QED) is 0.844. The van der Waals surface area contributed by atoms with Crippen LogP contribution in [0.5, 0.6) is 0 Å². The molecule has 17 heavy (non-hydrogen) atoms. The van der Waals surface area contributed by atoms with Crippen LogP contribution in [0, 0.1) is 5.92 Å². The van der Waals surface area contributed by atoms with Gasteiger partial charge in [0.15, 0.2) is 0 Å². The van der Waals surface area contributed by atoms with Crippen molar-refractivity contribution in [1.29, 1.82) is 0 Å². The van der Waals surface area contributed by atoms with Crippen molar-refractivity contribution in [3.05, 3.63) is 28.2 Å². The number of hydrogen-bond acceptors (Lipinski definition) is 2. The van der Waals surface area contributed by atoms with E-state index in [2.05, 4.69) is 26.9 Å². The zero-order chi connectivity index (χ0) is 11.8. The smallest absolute Gasteiger partial charge is 0.0371 e. The zero-order valence-corrected chi connectivity index (χ0v) is 11.6. The first-order chi connectivity index (χ1) is 8.24. The molecule has 0 atom stereocenters. The van der Waals surface area contributed by atoms with Gasteiger partial charge in [-0.3, -0.25) is 4.90 Å². The molecule has 2 aliphatic rings. The minimum Gasteiger partial charge on any atom is -0.398 e. The second-order valence-electron chi connectivity index (χ2n) is 5.41. The van der Waals surface area contributed by atoms with E-state index in [1.807, 2.05) is 12.1 Å². The number of nitrogen functional groups attached to an aromatic ring is 1. The summed E-state index contributed by atoms with van der Waals surface area (Å²) in [5.74, 6) is 0.958. The molecular formula is C14H19BrN2. The summed E-state index contributed by atoms with van der Waals surface area (Å²) in [7, 11) is 0. The third kappa shape index (κ3) is 2.83. The Balaban J connectivity index is 1.74. The van der Waals surface area contributed by atoms with E-state index in [1.165, 1.54) is 37.8 Å². The Bertz CT molecular complexity index is 390. The number of rotatable bonds is 5. The summed E-state index contributed by atoms with van der Waals surface area (Å²) in [5.41, 5.74) is 8.26. The maximum absolute atomic E-state index is 6.08. The number of halogens is 1. The Hall–Kier alpha value is -0.540. The number of nitrogens with two attached hydrogens (primary N) is 1. The minimum absolute atomic E-state index is 0.821. The fraction of sp³-hybridized carbons (Fsp3) is 0.571. The Morgan fingerprint density at radius 1 is 1.24 bits per heavy atom. The molecule has 2 saturated carbocycles. The standard InChI is InChI=1S/C14H19BrN2/c15-13-2-1-3-14(16)12(13)9-17(11-6-7-11)8-10-4-5-10/h1-3,10-11H,4-9,16H2. The molecule has 3 rings (SSSR count). The minimum atomic E-state index is 0.821. The summed E-state index contributed by atoms with van der Waals surface area (Å²) in [5, 5.41) is 0. The lowest BCUT2D eigenvalue weighted by Crippen LogP contribution is -2.28. The molecule has 0 radical (unpaired) electrons. The first-order valence-electron chi connectivity index (χ1n) is 6.51. The van der Waals surface area contributed by atoms with Gasteiger partial charge in [-0.05, 0) is 43.7 Å². The van der Waals surface area contributed by atoms with Gasteiger partial charge in [0.05, 0.1) is 0 Å². The van der Waals surface area contributed by atoms with E-state index in [0.29, 0.717) is 0 Å². The highest BCUT2D eigenvalue weighted by Crippen LogP contribution is 2.37. The fourth-order valence-corrected chi connectivity index (χ4v) is 2.87. The lowest BCUT2D eigenvalue weighted by atomic mass is 10.1. The molecule has 0 heterocycles. The Morgan fingerprint density at radius 2 is 2.00 bits per heavy atom. The molecule has 0 saturated heterocycles. The molecule has 2 fully saturated rings. The van der Waals surface area contributed by atoms with Gasteiger partial charge in [-0.2, -0.15) is 0 Å². The average molecular weight is 295 g/mol. The molecule has 0 aliphatic heterocycles. The van der Waals surface area contributed by atoms with E-state index in [0.717, 1.165) is 28.7 Å². The van der Waals surface area contributed by atoms with E-state index in [1.54, 1.807) is 0 Å². The van der Waals surface area contributed by atoms with Crippen LogP contribution in [0.3, 0.4) is 0 Å². The lowest BCUT2D eigenvalue weighted by molar-refractivity contribution is 0.244. The van der Waals surface area contributed by atoms with Crippen LogP contribution in [0.15, 0.2) is 22.7 Å². The molecule has 2 aliphatic carbocycles. The summed E-state index contributed by atoms with van der Waals surface area (Å²) in [6.45, 7) is 2.28. The molecule has 0 amide bonds. The second-order valence-corrected chi connectivity index (χ2v) is 6.27. The molecule has 92 valence electrons. The van der Waals surface area contributed by atoms with E-state index in [-0.39, 0.29) is 0 Å². The van der Waals surface area contributed by atoms with Crippen LogP contribution in [0.25, 0.3) is 0 Å². The lowest BCUT2D eigenvalue weighted by Gasteiger charge is -2.23. The van der Waals surface area contributed by atoms with Crippen molar-refractivity contribution >= 4 is 21.6 Å². The maximum Gasteiger partial charge on any atom is 0.0371 e. The van der Waals surface area contributed by atoms with Gasteiger partial charge >= 0.3 is 0 Å². The topological polar surface area (TPSA) is 29.3 Å². The first kappa shape index (κ1) is 11.5. The molecule has 2 N–H and O–H groups in total. The molecule has 0 spiro atoms. The van der Waals surface area contributed by atoms with Gasteiger partial charge in [-0.25, -0.2) is 0 Å². The van der Waals surface area contributed by atoms with Gasteiger partial charge in [0.2, 0.25) is 0 Å². The van der Waals surface area contributed by atoms with Crippen molar-refractivity contribution < 1.29 is 0 Å². The van der Waals surface area contributed by atoms with Crippen LogP contribution in [0.2, 0.25) is 0 Å². The van der Waals surface area contributed by atoms with Gasteiger partial charge in [0.25, 0.3) is 0 Å². The van der Waals surface area contributed by atoms with Gasteiger partial charge in [-0.1, -0.05) is 22.0 Å². The molecule has 3 heteroatoms. The van der Waals surface area contributed by atoms with Crippen molar-refractivity contribution in [2.75, 3.05) is 12.3 Å². The van der Waals surface area contributed by atoms with Crippen LogP contribution in [0.1, 0.15) is 31.2 Å². The maximum atomic E-state index is 6.08. The highest BCUT2D eigenvalue weighted by Gasteiger charge is 2.33. The normalized spacial score (nSPS) is 19.9. The van der Waals surface area contributed by atoms with Gasteiger partial charge in [-0.15, -0.1) is 0 Å². The van der Waals surface area contributed by atoms with Crippen LogP contribution < -0.4 is 5.73 Å². The van der Waals surface area contributed by atoms with Crippen molar-refractivity contribution in [2.45, 2.75) is 38.3 Å². The Kier molecular flexibility index (Phi) is 3.14. The number of hydrogen-bond donors (Lipinski definition) is 1. The number of nitrogens with zero attached hydrogens (tertiary/aromatic N) is 1. The Morgan fingerprint density at radius 3 is 2.59 bits per heavy atom. The largest absolute Gasteiger partial charge is 0.398 e. The van der Waals surface area contributed by atoms with Crippen LogP contribution >= 0.6 is 15.9 Å². The Labute approximate surface area is 111 Å². The van der Waals surface area contributed by atoms with Crippen molar-refractivity contribution in [1.82, 2.24) is 4.90 Å². The van der Waals surface area contributed by atoms with Crippen LogP contribution in [0.4, 0.5) is 5.69 Å². The van der Waals surface area contributed by atoms with Crippen molar-refractivity contribution in [3.63, 3.8) is 0 Å². The predicted octanol–water partition coefficient (Wildman–Crippen LogP) is 3.41. The average Bonchev–Trinajstić information content (AvgIpc) is 3.14. The molecule has 1 aromatic carbocycles. The first-order valence-corrected chi connectivity index (χ1v) is 7.30.